The Morgan fingerprint density at radius 3 is 1.68 bits per heavy atom. The van der Waals surface area contributed by atoms with Crippen LogP contribution >= 0.6 is 0 Å². The van der Waals surface area contributed by atoms with Crippen LogP contribution < -0.4 is 3.58 Å². The van der Waals surface area contributed by atoms with Crippen LogP contribution in [0.4, 0.5) is 0 Å². The molecule has 0 fully saturated rings. The van der Waals surface area contributed by atoms with Crippen molar-refractivity contribution in [1.82, 2.24) is 0 Å². The molecule has 0 amide bonds. The molecule has 1 heteroatoms. The Bertz CT molecular complexity index is 302. The van der Waals surface area contributed by atoms with Gasteiger partial charge in [-0.1, -0.05) is 26.2 Å². The monoisotopic (exact) mass is 365 g/mol. The molecule has 0 nitrogen and oxygen atoms in total. The third-order valence-corrected chi connectivity index (χ3v) is 4.72. The molecule has 0 aliphatic heterocycles. The molecule has 1 aromatic carbocycles. The molecule has 0 aliphatic rings. The van der Waals surface area contributed by atoms with Crippen LogP contribution in [-0.2, 0) is 6.42 Å². The summed E-state index contributed by atoms with van der Waals surface area (Å²) in [6.45, 7) is 2.29. The number of aryl methyl sites for hydroxylation is 1. The van der Waals surface area contributed by atoms with Crippen molar-refractivity contribution in [2.75, 3.05) is 0 Å². The van der Waals surface area contributed by atoms with E-state index >= 15 is 0 Å². The van der Waals surface area contributed by atoms with Gasteiger partial charge >= 0.3 is 107 Å². The zero-order chi connectivity index (χ0) is 13.8. The number of unbranched alkanes of at least 4 members (excludes halogenated alkanes) is 9. The normalized spacial score (nSPS) is 10.8. The molecule has 0 unspecified atom stereocenters. The van der Waals surface area contributed by atoms with E-state index in [0.717, 1.165) is 0 Å². The van der Waals surface area contributed by atoms with E-state index in [9.17, 15) is 0 Å². The zero-order valence-corrected chi connectivity index (χ0v) is 15.4. The molecular formula is C18H29Sn. The van der Waals surface area contributed by atoms with Crippen LogP contribution in [0.15, 0.2) is 24.3 Å². The average molecular weight is 364 g/mol. The molecule has 0 saturated carbocycles. The van der Waals surface area contributed by atoms with Gasteiger partial charge in [0.2, 0.25) is 0 Å². The molecule has 0 atom stereocenters. The predicted octanol–water partition coefficient (Wildman–Crippen LogP) is 4.94. The third-order valence-electron chi connectivity index (χ3n) is 3.77. The summed E-state index contributed by atoms with van der Waals surface area (Å²) in [5.74, 6) is 0. The Labute approximate surface area is 133 Å². The van der Waals surface area contributed by atoms with Crippen LogP contribution in [0.2, 0.25) is 0 Å². The van der Waals surface area contributed by atoms with Gasteiger partial charge in [-0.15, -0.1) is 0 Å². The van der Waals surface area contributed by atoms with Crippen LogP contribution in [0.5, 0.6) is 0 Å². The Morgan fingerprint density at radius 2 is 1.16 bits per heavy atom. The first-order valence-electron chi connectivity index (χ1n) is 8.13. The molecule has 0 aromatic heterocycles. The molecule has 0 spiro atoms. The van der Waals surface area contributed by atoms with Gasteiger partial charge in [0.05, 0.1) is 0 Å². The molecule has 19 heavy (non-hydrogen) atoms. The second kappa shape index (κ2) is 11.8. The van der Waals surface area contributed by atoms with Crippen molar-refractivity contribution in [3.63, 3.8) is 0 Å². The number of benzene rings is 1. The second-order valence-corrected chi connectivity index (χ2v) is 7.28. The van der Waals surface area contributed by atoms with E-state index in [0.29, 0.717) is 0 Å². The van der Waals surface area contributed by atoms with Crippen LogP contribution in [0.1, 0.15) is 76.7 Å². The number of hydrogen-bond donors (Lipinski definition) is 0. The molecule has 1 rings (SSSR count). The van der Waals surface area contributed by atoms with Crippen molar-refractivity contribution in [1.29, 1.82) is 0 Å². The van der Waals surface area contributed by atoms with E-state index in [1.165, 1.54) is 102 Å². The van der Waals surface area contributed by atoms with Crippen molar-refractivity contribution < 1.29 is 0 Å². The first kappa shape index (κ1) is 17.1. The van der Waals surface area contributed by atoms with Crippen LogP contribution in [0.25, 0.3) is 0 Å². The summed E-state index contributed by atoms with van der Waals surface area (Å²) >= 11 is 1.52. The van der Waals surface area contributed by atoms with Crippen molar-refractivity contribution in [3.8, 4) is 0 Å². The van der Waals surface area contributed by atoms with E-state index < -0.39 is 0 Å². The van der Waals surface area contributed by atoms with Gasteiger partial charge in [0, 0.05) is 0 Å². The Kier molecular flexibility index (Phi) is 10.6. The maximum atomic E-state index is 2.30. The topological polar surface area (TPSA) is 0 Å². The van der Waals surface area contributed by atoms with Crippen molar-refractivity contribution in [2.45, 2.75) is 77.6 Å². The minimum atomic E-state index is 1.27. The summed E-state index contributed by atoms with van der Waals surface area (Å²) in [7, 11) is 0. The summed E-state index contributed by atoms with van der Waals surface area (Å²) in [4.78, 5) is 0. The molecule has 0 aliphatic carbocycles. The molecule has 0 N–H and O–H groups in total. The van der Waals surface area contributed by atoms with Crippen molar-refractivity contribution in [3.05, 3.63) is 29.8 Å². The van der Waals surface area contributed by atoms with Gasteiger partial charge in [0.25, 0.3) is 0 Å². The molecular weight excluding hydrogens is 335 g/mol. The van der Waals surface area contributed by atoms with E-state index in [-0.39, 0.29) is 0 Å². The van der Waals surface area contributed by atoms with E-state index in [1.807, 2.05) is 0 Å². The summed E-state index contributed by atoms with van der Waals surface area (Å²) in [6, 6.07) is 9.14. The van der Waals surface area contributed by atoms with Crippen LogP contribution in [0, 0.1) is 0 Å². The molecule has 0 bridgehead atoms. The number of rotatable bonds is 11. The number of hydrogen-bond acceptors (Lipinski definition) is 0. The molecule has 1 aromatic rings. The predicted molar refractivity (Wildman–Crippen MR) is 87.4 cm³/mol. The zero-order valence-electron chi connectivity index (χ0n) is 12.6. The SMILES string of the molecule is CCCCCCCCCCCCc1cc[c]([Sn])cc1. The van der Waals surface area contributed by atoms with Gasteiger partial charge in [0.15, 0.2) is 0 Å². The fourth-order valence-electron chi connectivity index (χ4n) is 2.49. The summed E-state index contributed by atoms with van der Waals surface area (Å²) in [5.41, 5.74) is 1.52. The van der Waals surface area contributed by atoms with E-state index in [2.05, 4.69) is 31.2 Å². The van der Waals surface area contributed by atoms with Gasteiger partial charge in [0.1, 0.15) is 0 Å². The van der Waals surface area contributed by atoms with Crippen LogP contribution in [0.3, 0.4) is 0 Å². The molecule has 0 saturated heterocycles. The average Bonchev–Trinajstić information content (AvgIpc) is 2.43. The first-order chi connectivity index (χ1) is 9.33. The summed E-state index contributed by atoms with van der Waals surface area (Å²) in [5, 5.41) is 0. The summed E-state index contributed by atoms with van der Waals surface area (Å²) < 4.78 is 1.46. The standard InChI is InChI=1S/C18H29.Sn/c1-2-3-4-5-6-7-8-9-10-12-15-18-16-13-11-14-17-18;/h13-14,16-17H,2-10,12,15H2,1H3;. The van der Waals surface area contributed by atoms with Gasteiger partial charge in [-0.25, -0.2) is 0 Å². The fourth-order valence-corrected chi connectivity index (χ4v) is 2.96. The Balaban J connectivity index is 1.87. The molecule has 0 heterocycles. The van der Waals surface area contributed by atoms with Crippen LogP contribution in [-0.4, -0.2) is 22.5 Å². The van der Waals surface area contributed by atoms with E-state index in [1.54, 1.807) is 0 Å². The fraction of sp³-hybridized carbons (Fsp3) is 0.667. The van der Waals surface area contributed by atoms with Crippen molar-refractivity contribution >= 4 is 26.1 Å². The van der Waals surface area contributed by atoms with E-state index in [4.69, 9.17) is 0 Å². The Hall–Kier alpha value is 0.0187. The van der Waals surface area contributed by atoms with Gasteiger partial charge in [-0.3, -0.25) is 0 Å². The Morgan fingerprint density at radius 1 is 0.684 bits per heavy atom. The second-order valence-electron chi connectivity index (χ2n) is 5.63. The third kappa shape index (κ3) is 9.54. The maximum absolute atomic E-state index is 2.30. The van der Waals surface area contributed by atoms with Gasteiger partial charge in [-0.05, 0) is 0 Å². The van der Waals surface area contributed by atoms with Gasteiger partial charge in [-0.2, -0.15) is 0 Å². The quantitative estimate of drug-likeness (QED) is 0.385. The minimum absolute atomic E-state index is 1.27. The van der Waals surface area contributed by atoms with Gasteiger partial charge < -0.3 is 0 Å². The van der Waals surface area contributed by atoms with Crippen molar-refractivity contribution in [2.24, 2.45) is 0 Å². The molecule has 3 radical (unpaired) electrons. The summed E-state index contributed by atoms with van der Waals surface area (Å²) in [6.07, 6.45) is 15.5. The first-order valence-corrected chi connectivity index (χ1v) is 9.56. The molecule has 105 valence electrons.